The van der Waals surface area contributed by atoms with Crippen LogP contribution in [-0.4, -0.2) is 25.8 Å². The highest BCUT2D eigenvalue weighted by Gasteiger charge is 2.26. The first-order chi connectivity index (χ1) is 9.68. The van der Waals surface area contributed by atoms with Gasteiger partial charge in [0.15, 0.2) is 0 Å². The van der Waals surface area contributed by atoms with Crippen molar-refractivity contribution in [2.45, 2.75) is 17.7 Å². The average Bonchev–Trinajstić information content (AvgIpc) is 3.03. The molecule has 1 fully saturated rings. The summed E-state index contributed by atoms with van der Waals surface area (Å²) in [5, 5.41) is 0. The molecule has 2 aromatic carbocycles. The fourth-order valence-corrected chi connectivity index (χ4v) is 3.97. The van der Waals surface area contributed by atoms with E-state index in [0.717, 1.165) is 24.0 Å². The van der Waals surface area contributed by atoms with E-state index in [2.05, 4.69) is 6.07 Å². The van der Waals surface area contributed by atoms with Gasteiger partial charge in [0.1, 0.15) is 0 Å². The Bertz CT molecular complexity index is 672. The predicted octanol–water partition coefficient (Wildman–Crippen LogP) is 2.94. The fourth-order valence-electron chi connectivity index (χ4n) is 2.46. The minimum Gasteiger partial charge on any atom is -0.207 e. The first-order valence-electron chi connectivity index (χ1n) is 6.75. The van der Waals surface area contributed by atoms with Crippen molar-refractivity contribution in [1.29, 1.82) is 0 Å². The van der Waals surface area contributed by atoms with Crippen LogP contribution in [0.15, 0.2) is 53.4 Å². The Morgan fingerprint density at radius 3 is 2.25 bits per heavy atom. The molecule has 20 heavy (non-hydrogen) atoms. The first-order valence-corrected chi connectivity index (χ1v) is 8.19. The summed E-state index contributed by atoms with van der Waals surface area (Å²) in [6, 6.07) is 17.9. The van der Waals surface area contributed by atoms with Gasteiger partial charge in [-0.2, -0.15) is 4.31 Å². The molecule has 1 aliphatic rings. The minimum absolute atomic E-state index is 0.374. The monoisotopic (exact) mass is 286 g/mol. The lowest BCUT2D eigenvalue weighted by Crippen LogP contribution is -2.27. The van der Waals surface area contributed by atoms with Crippen molar-refractivity contribution in [2.24, 2.45) is 0 Å². The van der Waals surface area contributed by atoms with Crippen LogP contribution in [0.4, 0.5) is 0 Å². The van der Waals surface area contributed by atoms with Crippen molar-refractivity contribution >= 4 is 10.0 Å². The molecule has 4 heteroatoms. The number of sulfonamides is 1. The van der Waals surface area contributed by atoms with Gasteiger partial charge in [-0.3, -0.25) is 0 Å². The fraction of sp³-hybridized carbons (Fsp3) is 0.250. The normalized spacial score (nSPS) is 16.4. The molecule has 1 heterocycles. The zero-order valence-corrected chi connectivity index (χ0v) is 11.9. The van der Waals surface area contributed by atoms with E-state index in [4.69, 9.17) is 0 Å². The van der Waals surface area contributed by atoms with Gasteiger partial charge in [-0.15, -0.1) is 0 Å². The summed E-state index contributed by atoms with van der Waals surface area (Å²) < 4.78 is 26.4. The van der Waals surface area contributed by atoms with Crippen molar-refractivity contribution < 1.29 is 8.42 Å². The quantitative estimate of drug-likeness (QED) is 0.870. The Morgan fingerprint density at radius 1 is 0.950 bits per heavy atom. The molecule has 103 valence electrons. The van der Waals surface area contributed by atoms with Crippen molar-refractivity contribution in [3.63, 3.8) is 0 Å². The summed E-state index contributed by atoms with van der Waals surface area (Å²) in [6.07, 6.45) is 1.91. The van der Waals surface area contributed by atoms with Gasteiger partial charge in [0.25, 0.3) is 0 Å². The molecule has 3 rings (SSSR count). The largest absolute Gasteiger partial charge is 0.243 e. The molecule has 0 spiro atoms. The van der Waals surface area contributed by atoms with Crippen LogP contribution in [0, 0.1) is 6.07 Å². The van der Waals surface area contributed by atoms with Gasteiger partial charge in [-0.05, 0) is 42.2 Å². The summed E-state index contributed by atoms with van der Waals surface area (Å²) >= 11 is 0. The Balaban J connectivity index is 1.90. The highest BCUT2D eigenvalue weighted by atomic mass is 32.2. The van der Waals surface area contributed by atoms with Gasteiger partial charge in [0, 0.05) is 13.1 Å². The molecule has 1 aliphatic heterocycles. The van der Waals surface area contributed by atoms with E-state index in [0.29, 0.717) is 18.0 Å². The number of benzene rings is 2. The van der Waals surface area contributed by atoms with Crippen molar-refractivity contribution in [2.75, 3.05) is 13.1 Å². The molecule has 0 bridgehead atoms. The lowest BCUT2D eigenvalue weighted by atomic mass is 10.1. The molecule has 1 radical (unpaired) electrons. The SMILES string of the molecule is O=S(=O)(c1ccc(-c2[c]cccc2)cc1)N1CCCC1. The maximum Gasteiger partial charge on any atom is 0.243 e. The summed E-state index contributed by atoms with van der Waals surface area (Å²) in [4.78, 5) is 0.374. The maximum absolute atomic E-state index is 12.4. The Kier molecular flexibility index (Phi) is 3.59. The maximum atomic E-state index is 12.4. The molecule has 0 aromatic heterocycles. The first kappa shape index (κ1) is 13.3. The molecule has 0 amide bonds. The molecule has 0 N–H and O–H groups in total. The number of hydrogen-bond acceptors (Lipinski definition) is 2. The van der Waals surface area contributed by atoms with Gasteiger partial charge >= 0.3 is 0 Å². The van der Waals surface area contributed by atoms with Crippen LogP contribution in [0.2, 0.25) is 0 Å². The summed E-state index contributed by atoms with van der Waals surface area (Å²) in [5.74, 6) is 0. The second-order valence-corrected chi connectivity index (χ2v) is 6.85. The molecule has 0 atom stereocenters. The van der Waals surface area contributed by atoms with Crippen LogP contribution < -0.4 is 0 Å². The molecule has 0 saturated carbocycles. The van der Waals surface area contributed by atoms with Gasteiger partial charge in [-0.25, -0.2) is 8.42 Å². The van der Waals surface area contributed by atoms with Crippen LogP contribution in [-0.2, 0) is 10.0 Å². The summed E-state index contributed by atoms with van der Waals surface area (Å²) in [5.41, 5.74) is 1.95. The predicted molar refractivity (Wildman–Crippen MR) is 78.7 cm³/mol. The molecule has 3 nitrogen and oxygen atoms in total. The van der Waals surface area contributed by atoms with Crippen LogP contribution in [0.5, 0.6) is 0 Å². The van der Waals surface area contributed by atoms with E-state index in [1.54, 1.807) is 16.4 Å². The third kappa shape index (κ3) is 2.49. The second kappa shape index (κ2) is 5.38. The third-order valence-corrected chi connectivity index (χ3v) is 5.49. The number of hydrogen-bond donors (Lipinski definition) is 0. The van der Waals surface area contributed by atoms with Gasteiger partial charge in [0.2, 0.25) is 10.0 Å². The van der Waals surface area contributed by atoms with Gasteiger partial charge in [0.05, 0.1) is 4.90 Å². The zero-order valence-electron chi connectivity index (χ0n) is 11.1. The third-order valence-electron chi connectivity index (χ3n) is 3.58. The molecule has 2 aromatic rings. The molecule has 0 unspecified atom stereocenters. The lowest BCUT2D eigenvalue weighted by molar-refractivity contribution is 0.477. The number of nitrogens with zero attached hydrogens (tertiary/aromatic N) is 1. The Hall–Kier alpha value is -1.65. The van der Waals surface area contributed by atoms with Crippen LogP contribution in [0.1, 0.15) is 12.8 Å². The Morgan fingerprint density at radius 2 is 1.65 bits per heavy atom. The minimum atomic E-state index is -3.31. The molecule has 1 saturated heterocycles. The lowest BCUT2D eigenvalue weighted by Gasteiger charge is -2.15. The van der Waals surface area contributed by atoms with E-state index in [9.17, 15) is 8.42 Å². The van der Waals surface area contributed by atoms with Crippen molar-refractivity contribution in [3.05, 3.63) is 54.6 Å². The van der Waals surface area contributed by atoms with E-state index in [1.807, 2.05) is 36.4 Å². The topological polar surface area (TPSA) is 37.4 Å². The second-order valence-electron chi connectivity index (χ2n) is 4.91. The summed E-state index contributed by atoms with van der Waals surface area (Å²) in [6.45, 7) is 1.27. The standard InChI is InChI=1S/C16H16NO2S/c18-20(19,17-12-4-5-13-17)16-10-8-15(9-11-16)14-6-2-1-3-7-14/h1-3,6,8-11H,4-5,12-13H2. The van der Waals surface area contributed by atoms with Crippen molar-refractivity contribution in [1.82, 2.24) is 4.31 Å². The van der Waals surface area contributed by atoms with Crippen LogP contribution in [0.3, 0.4) is 0 Å². The van der Waals surface area contributed by atoms with E-state index in [-0.39, 0.29) is 0 Å². The van der Waals surface area contributed by atoms with Gasteiger partial charge < -0.3 is 0 Å². The van der Waals surface area contributed by atoms with Crippen LogP contribution >= 0.6 is 0 Å². The van der Waals surface area contributed by atoms with Gasteiger partial charge in [-0.1, -0.05) is 36.4 Å². The van der Waals surface area contributed by atoms with E-state index in [1.165, 1.54) is 0 Å². The average molecular weight is 286 g/mol. The number of rotatable bonds is 3. The summed E-state index contributed by atoms with van der Waals surface area (Å²) in [7, 11) is -3.31. The highest BCUT2D eigenvalue weighted by Crippen LogP contribution is 2.24. The zero-order chi connectivity index (χ0) is 14.0. The van der Waals surface area contributed by atoms with E-state index >= 15 is 0 Å². The molecule has 0 aliphatic carbocycles. The molecular formula is C16H16NO2S. The molecular weight excluding hydrogens is 270 g/mol. The Labute approximate surface area is 119 Å². The van der Waals surface area contributed by atoms with E-state index < -0.39 is 10.0 Å². The highest BCUT2D eigenvalue weighted by molar-refractivity contribution is 7.89. The van der Waals surface area contributed by atoms with Crippen LogP contribution in [0.25, 0.3) is 11.1 Å². The smallest absolute Gasteiger partial charge is 0.207 e. The van der Waals surface area contributed by atoms with Crippen molar-refractivity contribution in [3.8, 4) is 11.1 Å².